The molecule has 3 aliphatic heterocycles. The van der Waals surface area contributed by atoms with Crippen molar-refractivity contribution in [3.8, 4) is 11.8 Å². The first-order chi connectivity index (χ1) is 29.6. The molecule has 8 rings (SSSR count). The molecule has 3 aromatic carbocycles. The molecule has 11 nitrogen and oxygen atoms in total. The number of imide groups is 1. The fourth-order valence-corrected chi connectivity index (χ4v) is 10.5. The van der Waals surface area contributed by atoms with Crippen LogP contribution in [0.15, 0.2) is 60.7 Å². The van der Waals surface area contributed by atoms with Gasteiger partial charge >= 0.3 is 6.18 Å². The van der Waals surface area contributed by atoms with Gasteiger partial charge in [0, 0.05) is 56.2 Å². The van der Waals surface area contributed by atoms with Gasteiger partial charge in [-0.1, -0.05) is 37.1 Å². The molecule has 0 aromatic heterocycles. The van der Waals surface area contributed by atoms with Crippen LogP contribution in [0, 0.1) is 17.2 Å². The summed E-state index contributed by atoms with van der Waals surface area (Å²) < 4.78 is 48.4. The maximum atomic E-state index is 14.3. The van der Waals surface area contributed by atoms with Crippen LogP contribution < -0.4 is 19.9 Å². The van der Waals surface area contributed by atoms with E-state index in [4.69, 9.17) is 17.0 Å². The van der Waals surface area contributed by atoms with E-state index in [0.717, 1.165) is 73.3 Å². The average molecular weight is 869 g/mol. The molecule has 62 heavy (non-hydrogen) atoms. The average Bonchev–Trinajstić information content (AvgIpc) is 3.92. The van der Waals surface area contributed by atoms with Gasteiger partial charge in [-0.05, 0) is 124 Å². The van der Waals surface area contributed by atoms with Crippen molar-refractivity contribution in [3.63, 3.8) is 0 Å². The zero-order valence-electron chi connectivity index (χ0n) is 35.0. The Bertz CT molecular complexity index is 2310. The van der Waals surface area contributed by atoms with Crippen LogP contribution in [0.4, 0.5) is 24.5 Å². The molecule has 1 spiro atoms. The minimum atomic E-state index is -4.78. The third-order valence-electron chi connectivity index (χ3n) is 13.2. The maximum absolute atomic E-state index is 14.3. The second kappa shape index (κ2) is 17.5. The Morgan fingerprint density at radius 2 is 1.66 bits per heavy atom. The van der Waals surface area contributed by atoms with E-state index in [-0.39, 0.29) is 58.2 Å². The van der Waals surface area contributed by atoms with Gasteiger partial charge in [-0.25, -0.2) is 0 Å². The fraction of sp³-hybridized carbons (Fsp3) is 0.489. The van der Waals surface area contributed by atoms with Crippen LogP contribution in [0.1, 0.15) is 98.9 Å². The van der Waals surface area contributed by atoms with Crippen LogP contribution in [-0.4, -0.2) is 88.8 Å². The third-order valence-corrected chi connectivity index (χ3v) is 13.6. The maximum Gasteiger partial charge on any atom is 0.417 e. The van der Waals surface area contributed by atoms with E-state index >= 15 is 0 Å². The number of nitrogens with zero attached hydrogens (tertiary/aromatic N) is 5. The Hall–Kier alpha value is -5.17. The molecule has 3 heterocycles. The van der Waals surface area contributed by atoms with Crippen LogP contribution in [0.5, 0.6) is 5.75 Å². The number of rotatable bonds is 13. The van der Waals surface area contributed by atoms with Crippen LogP contribution in [-0.2, 0) is 38.2 Å². The number of benzene rings is 3. The number of amides is 3. The number of nitrogens with one attached hydrogen (secondary N) is 1. The number of ketones is 1. The normalized spacial score (nSPS) is 23.3. The van der Waals surface area contributed by atoms with Gasteiger partial charge in [0.15, 0.2) is 10.9 Å². The van der Waals surface area contributed by atoms with Crippen molar-refractivity contribution in [1.82, 2.24) is 15.1 Å². The first-order valence-electron chi connectivity index (χ1n) is 21.6. The third kappa shape index (κ3) is 8.87. The molecule has 1 unspecified atom stereocenters. The van der Waals surface area contributed by atoms with Gasteiger partial charge in [-0.2, -0.15) is 18.4 Å². The summed E-state index contributed by atoms with van der Waals surface area (Å²) in [5.74, 6) is 0.113. The molecular weight excluding hydrogens is 818 g/mol. The molecule has 2 saturated carbocycles. The number of carbonyl (C=O) groups is 4. The van der Waals surface area contributed by atoms with Gasteiger partial charge in [-0.3, -0.25) is 39.2 Å². The number of hydrogen-bond donors (Lipinski definition) is 1. The van der Waals surface area contributed by atoms with E-state index < -0.39 is 22.8 Å². The van der Waals surface area contributed by atoms with E-state index in [1.54, 1.807) is 6.07 Å². The van der Waals surface area contributed by atoms with Gasteiger partial charge in [0.05, 0.1) is 29.4 Å². The number of anilines is 2. The summed E-state index contributed by atoms with van der Waals surface area (Å²) in [5, 5.41) is 11.9. The molecule has 3 aromatic rings. The predicted molar refractivity (Wildman–Crippen MR) is 231 cm³/mol. The number of halogens is 3. The number of piperazine rings is 1. The lowest BCUT2D eigenvalue weighted by Gasteiger charge is -2.44. The highest BCUT2D eigenvalue weighted by Gasteiger charge is 2.58. The van der Waals surface area contributed by atoms with Crippen molar-refractivity contribution in [1.29, 1.82) is 5.26 Å². The summed E-state index contributed by atoms with van der Waals surface area (Å²) in [6.07, 6.45) is 1.51. The molecule has 5 fully saturated rings. The number of hydrogen-bond acceptors (Lipinski definition) is 9. The lowest BCUT2D eigenvalue weighted by atomic mass is 9.90. The molecule has 3 atom stereocenters. The topological polar surface area (TPSA) is 126 Å². The summed E-state index contributed by atoms with van der Waals surface area (Å²) in [6.45, 7) is 7.32. The predicted octanol–water partition coefficient (Wildman–Crippen LogP) is 7.09. The molecule has 326 valence electrons. The molecule has 3 saturated heterocycles. The number of piperidine rings is 1. The highest BCUT2D eigenvalue weighted by atomic mass is 32.1. The fourth-order valence-electron chi connectivity index (χ4n) is 10.00. The summed E-state index contributed by atoms with van der Waals surface area (Å²) in [4.78, 5) is 59.2. The van der Waals surface area contributed by atoms with E-state index in [9.17, 15) is 37.6 Å². The number of Topliss-reactive ketones (excluding diaryl/α,β-unsaturated/α-hetero) is 1. The molecule has 1 N–H and O–H groups in total. The Morgan fingerprint density at radius 1 is 0.952 bits per heavy atom. The Morgan fingerprint density at radius 3 is 2.34 bits per heavy atom. The number of carbonyl (C=O) groups excluding carboxylic acids is 4. The molecule has 5 aliphatic rings. The van der Waals surface area contributed by atoms with Crippen molar-refractivity contribution in [2.24, 2.45) is 5.92 Å². The zero-order chi connectivity index (χ0) is 43.9. The summed E-state index contributed by atoms with van der Waals surface area (Å²) >= 11 is 5.93. The van der Waals surface area contributed by atoms with Crippen molar-refractivity contribution in [3.05, 3.63) is 88.5 Å². The smallest absolute Gasteiger partial charge is 0.417 e. The second-order valence-electron chi connectivity index (χ2n) is 17.7. The Kier molecular flexibility index (Phi) is 12.3. The molecule has 0 radical (unpaired) electrons. The first-order valence-corrected chi connectivity index (χ1v) is 22.0. The number of thiocarbonyl (C=S) groups is 1. The van der Waals surface area contributed by atoms with Crippen LogP contribution in [0.25, 0.3) is 0 Å². The first kappa shape index (κ1) is 43.5. The molecule has 2 aliphatic carbocycles. The summed E-state index contributed by atoms with van der Waals surface area (Å²) in [6, 6.07) is 18.8. The van der Waals surface area contributed by atoms with Crippen molar-refractivity contribution in [2.45, 2.75) is 108 Å². The summed E-state index contributed by atoms with van der Waals surface area (Å²) in [5.41, 5.74) is 0.973. The van der Waals surface area contributed by atoms with Gasteiger partial charge < -0.3 is 9.64 Å². The lowest BCUT2D eigenvalue weighted by Crippen LogP contribution is -2.58. The van der Waals surface area contributed by atoms with Crippen molar-refractivity contribution in [2.75, 3.05) is 42.6 Å². The zero-order valence-corrected chi connectivity index (χ0v) is 35.8. The number of alkyl halides is 3. The largest absolute Gasteiger partial charge is 0.492 e. The van der Waals surface area contributed by atoms with Crippen molar-refractivity contribution >= 4 is 52.2 Å². The van der Waals surface area contributed by atoms with Gasteiger partial charge in [0.1, 0.15) is 17.9 Å². The molecule has 3 amide bonds. The van der Waals surface area contributed by atoms with Crippen molar-refractivity contribution < 1.29 is 37.1 Å². The minimum absolute atomic E-state index is 0.00960. The highest BCUT2D eigenvalue weighted by Crippen LogP contribution is 2.50. The van der Waals surface area contributed by atoms with Crippen LogP contribution in [0.2, 0.25) is 0 Å². The number of ether oxygens (including phenoxy) is 1. The van der Waals surface area contributed by atoms with E-state index in [1.807, 2.05) is 47.4 Å². The van der Waals surface area contributed by atoms with E-state index in [2.05, 4.69) is 29.0 Å². The van der Waals surface area contributed by atoms with Gasteiger partial charge in [0.25, 0.3) is 5.91 Å². The van der Waals surface area contributed by atoms with Gasteiger partial charge in [0.2, 0.25) is 11.8 Å². The van der Waals surface area contributed by atoms with Crippen LogP contribution in [0.3, 0.4) is 0 Å². The molecular formula is C47H51F3N6O5S. The minimum Gasteiger partial charge on any atom is -0.492 e. The second-order valence-corrected chi connectivity index (χ2v) is 18.1. The molecule has 15 heteroatoms. The highest BCUT2D eigenvalue weighted by molar-refractivity contribution is 7.81. The molecule has 0 bridgehead atoms. The van der Waals surface area contributed by atoms with E-state index in [0.29, 0.717) is 63.9 Å². The standard InChI is InChI=1S/C47H51F3N6O5S/c1-29-26-53(27-30(2)54(29)28-38(57)22-32-7-5-6-31(20-32)21-34-11-15-42(58)52-43(34)59)18-19-61-41-14-13-37(23-39(41)33-8-9-33)56-45(62)55(44(60)46(56)16-3-4-17-46)36-12-10-35(25-51)40(24-36)47(48,49)50/h5-7,10,12-14,20,23-24,29-30,33-34H,3-4,8-9,11,15-19,21-22,26-28H2,1-2H3,(H,52,58,59)/t29-,30+,34?. The van der Waals surface area contributed by atoms with Crippen LogP contribution >= 0.6 is 12.2 Å². The van der Waals surface area contributed by atoms with Gasteiger partial charge in [-0.15, -0.1) is 0 Å². The Balaban J connectivity index is 0.888. The quantitative estimate of drug-likeness (QED) is 0.141. The SMILES string of the molecule is C[C@@H]1CN(CCOc2ccc(N3C(=S)N(c4ccc(C#N)c(C(F)(F)F)c4)C(=O)C34CCCC4)cc2C2CC2)C[C@H](C)N1CC(=O)Cc1cccc(CC2CCC(=O)NC2=O)c1. The lowest BCUT2D eigenvalue weighted by molar-refractivity contribution is -0.138. The summed E-state index contributed by atoms with van der Waals surface area (Å²) in [7, 11) is 0. The monoisotopic (exact) mass is 868 g/mol. The number of nitriles is 1. The Labute approximate surface area is 365 Å². The van der Waals surface area contributed by atoms with E-state index in [1.165, 1.54) is 11.0 Å².